The highest BCUT2D eigenvalue weighted by atomic mass is 16.7. The molecule has 4 nitrogen and oxygen atoms in total. The summed E-state index contributed by atoms with van der Waals surface area (Å²) in [5.74, 6) is 0.374. The molecule has 0 saturated heterocycles. The monoisotopic (exact) mass is 270 g/mol. The molecule has 0 heterocycles. The van der Waals surface area contributed by atoms with Crippen LogP contribution in [0.25, 0.3) is 0 Å². The molecule has 0 unspecified atom stereocenters. The van der Waals surface area contributed by atoms with E-state index in [1.165, 1.54) is 7.11 Å². The topological polar surface area (TPSA) is 52.6 Å². The highest BCUT2D eigenvalue weighted by Gasteiger charge is 2.12. The molecule has 1 aromatic carbocycles. The molecule has 2 rings (SSSR count). The number of carbonyl (C=O) groups is 2. The van der Waals surface area contributed by atoms with Gasteiger partial charge in [0.2, 0.25) is 0 Å². The van der Waals surface area contributed by atoms with E-state index in [1.807, 2.05) is 18.2 Å². The number of hydrogen-bond donors (Lipinski definition) is 0. The molecule has 4 heteroatoms. The van der Waals surface area contributed by atoms with E-state index < -0.39 is 6.16 Å². The van der Waals surface area contributed by atoms with Crippen molar-refractivity contribution < 1.29 is 19.1 Å². The first-order valence-corrected chi connectivity index (χ1v) is 6.13. The number of allylic oxidation sites excluding steroid dienone is 5. The van der Waals surface area contributed by atoms with Crippen molar-refractivity contribution in [1.29, 1.82) is 0 Å². The lowest BCUT2D eigenvalue weighted by Crippen LogP contribution is -2.04. The number of ketones is 1. The van der Waals surface area contributed by atoms with E-state index in [2.05, 4.69) is 4.74 Å². The summed E-state index contributed by atoms with van der Waals surface area (Å²) >= 11 is 0. The molecule has 1 aliphatic carbocycles. The third kappa shape index (κ3) is 3.45. The molecule has 0 amide bonds. The highest BCUT2D eigenvalue weighted by molar-refractivity contribution is 6.10. The van der Waals surface area contributed by atoms with Crippen LogP contribution in [-0.4, -0.2) is 19.0 Å². The van der Waals surface area contributed by atoms with E-state index in [0.717, 1.165) is 0 Å². The van der Waals surface area contributed by atoms with Gasteiger partial charge in [0, 0.05) is 17.6 Å². The number of ether oxygens (including phenoxy) is 2. The summed E-state index contributed by atoms with van der Waals surface area (Å²) in [6, 6.07) is 9.02. The van der Waals surface area contributed by atoms with E-state index in [0.29, 0.717) is 23.3 Å². The Morgan fingerprint density at radius 2 is 1.90 bits per heavy atom. The minimum absolute atomic E-state index is 0.0606. The van der Waals surface area contributed by atoms with Gasteiger partial charge in [0.25, 0.3) is 0 Å². The first-order chi connectivity index (χ1) is 9.70. The highest BCUT2D eigenvalue weighted by Crippen LogP contribution is 2.17. The fraction of sp³-hybridized carbons (Fsp3) is 0.125. The number of Topliss-reactive ketones (excluding diaryl/α,β-unsaturated/α-hetero) is 1. The van der Waals surface area contributed by atoms with Crippen LogP contribution in [0.1, 0.15) is 16.8 Å². The van der Waals surface area contributed by atoms with Crippen LogP contribution < -0.4 is 0 Å². The maximum absolute atomic E-state index is 12.3. The maximum Gasteiger partial charge on any atom is 0.513 e. The summed E-state index contributed by atoms with van der Waals surface area (Å²) in [5.41, 5.74) is 1.19. The number of carbonyl (C=O) groups excluding carboxylic acids is 2. The molecule has 0 aliphatic heterocycles. The molecule has 0 aromatic heterocycles. The Hall–Kier alpha value is -2.62. The normalized spacial score (nSPS) is 13.8. The van der Waals surface area contributed by atoms with Gasteiger partial charge in [-0.2, -0.15) is 0 Å². The van der Waals surface area contributed by atoms with Crippen LogP contribution >= 0.6 is 0 Å². The van der Waals surface area contributed by atoms with Crippen molar-refractivity contribution in [2.75, 3.05) is 7.11 Å². The van der Waals surface area contributed by atoms with Crippen molar-refractivity contribution >= 4 is 11.9 Å². The summed E-state index contributed by atoms with van der Waals surface area (Å²) in [5, 5.41) is 0. The lowest BCUT2D eigenvalue weighted by Gasteiger charge is -2.04. The van der Waals surface area contributed by atoms with E-state index in [4.69, 9.17) is 4.74 Å². The van der Waals surface area contributed by atoms with Crippen molar-refractivity contribution in [1.82, 2.24) is 0 Å². The van der Waals surface area contributed by atoms with Crippen LogP contribution in [0.2, 0.25) is 0 Å². The van der Waals surface area contributed by atoms with Gasteiger partial charge in [-0.3, -0.25) is 4.79 Å². The predicted molar refractivity (Wildman–Crippen MR) is 74.2 cm³/mol. The zero-order valence-electron chi connectivity index (χ0n) is 11.0. The number of benzene rings is 1. The van der Waals surface area contributed by atoms with Gasteiger partial charge in [0.15, 0.2) is 5.78 Å². The third-order valence-electron chi connectivity index (χ3n) is 2.76. The Balaban J connectivity index is 2.10. The maximum atomic E-state index is 12.3. The first-order valence-electron chi connectivity index (χ1n) is 6.13. The van der Waals surface area contributed by atoms with Gasteiger partial charge in [-0.25, -0.2) is 4.79 Å². The largest absolute Gasteiger partial charge is 0.513 e. The van der Waals surface area contributed by atoms with Gasteiger partial charge in [-0.15, -0.1) is 0 Å². The fourth-order valence-corrected chi connectivity index (χ4v) is 1.75. The van der Waals surface area contributed by atoms with Gasteiger partial charge >= 0.3 is 6.16 Å². The molecule has 0 atom stereocenters. The Kier molecular flexibility index (Phi) is 4.50. The van der Waals surface area contributed by atoms with Crippen molar-refractivity contribution in [3.8, 4) is 0 Å². The minimum Gasteiger partial charge on any atom is -0.437 e. The van der Waals surface area contributed by atoms with Gasteiger partial charge < -0.3 is 9.47 Å². The number of rotatable bonds is 3. The average Bonchev–Trinajstić information content (AvgIpc) is 2.73. The van der Waals surface area contributed by atoms with Gasteiger partial charge in [0.1, 0.15) is 5.76 Å². The predicted octanol–water partition coefficient (Wildman–Crippen LogP) is 3.42. The minimum atomic E-state index is -0.768. The van der Waals surface area contributed by atoms with Crippen LogP contribution in [0, 0.1) is 0 Å². The van der Waals surface area contributed by atoms with Gasteiger partial charge in [0.05, 0.1) is 7.11 Å². The van der Waals surface area contributed by atoms with Crippen LogP contribution in [0.15, 0.2) is 66.0 Å². The summed E-state index contributed by atoms with van der Waals surface area (Å²) < 4.78 is 9.37. The Morgan fingerprint density at radius 3 is 2.60 bits per heavy atom. The van der Waals surface area contributed by atoms with Crippen molar-refractivity contribution in [3.05, 3.63) is 71.5 Å². The second-order valence-electron chi connectivity index (χ2n) is 4.11. The molecular weight excluding hydrogens is 256 g/mol. The second-order valence-corrected chi connectivity index (χ2v) is 4.11. The third-order valence-corrected chi connectivity index (χ3v) is 2.76. The Labute approximate surface area is 117 Å². The SMILES string of the molecule is COC(=O)OC1=CC=CC(C(=O)c2ccccc2)=CC1. The van der Waals surface area contributed by atoms with Crippen LogP contribution in [0.5, 0.6) is 0 Å². The summed E-state index contributed by atoms with van der Waals surface area (Å²) in [6.07, 6.45) is 6.33. The molecule has 0 bridgehead atoms. The molecule has 0 saturated carbocycles. The quantitative estimate of drug-likeness (QED) is 0.623. The summed E-state index contributed by atoms with van der Waals surface area (Å²) in [6.45, 7) is 0. The van der Waals surface area contributed by atoms with Crippen molar-refractivity contribution in [2.45, 2.75) is 6.42 Å². The van der Waals surface area contributed by atoms with E-state index in [9.17, 15) is 9.59 Å². The summed E-state index contributed by atoms with van der Waals surface area (Å²) in [7, 11) is 1.25. The molecule has 1 aromatic rings. The van der Waals surface area contributed by atoms with Crippen molar-refractivity contribution in [2.24, 2.45) is 0 Å². The lowest BCUT2D eigenvalue weighted by molar-refractivity contribution is 0.0960. The molecular formula is C16H14O4. The van der Waals surface area contributed by atoms with Crippen molar-refractivity contribution in [3.63, 3.8) is 0 Å². The second kappa shape index (κ2) is 6.52. The molecule has 1 aliphatic rings. The Bertz CT molecular complexity index is 594. The van der Waals surface area contributed by atoms with E-state index >= 15 is 0 Å². The van der Waals surface area contributed by atoms with E-state index in [-0.39, 0.29) is 5.78 Å². The lowest BCUT2D eigenvalue weighted by atomic mass is 10.0. The standard InChI is InChI=1S/C16H14O4/c1-19-16(18)20-14-9-5-8-13(10-11-14)15(17)12-6-3-2-4-7-12/h2-10H,11H2,1H3. The average molecular weight is 270 g/mol. The Morgan fingerprint density at radius 1 is 1.15 bits per heavy atom. The number of hydrogen-bond acceptors (Lipinski definition) is 4. The zero-order chi connectivity index (χ0) is 14.4. The molecule has 0 spiro atoms. The van der Waals surface area contributed by atoms with Gasteiger partial charge in [-0.05, 0) is 6.08 Å². The molecule has 20 heavy (non-hydrogen) atoms. The fourth-order valence-electron chi connectivity index (χ4n) is 1.75. The molecule has 0 N–H and O–H groups in total. The van der Waals surface area contributed by atoms with Crippen LogP contribution in [0.3, 0.4) is 0 Å². The van der Waals surface area contributed by atoms with E-state index in [1.54, 1.807) is 36.4 Å². The molecule has 0 fully saturated rings. The van der Waals surface area contributed by atoms with Crippen LogP contribution in [0.4, 0.5) is 4.79 Å². The number of methoxy groups -OCH3 is 1. The van der Waals surface area contributed by atoms with Crippen LogP contribution in [-0.2, 0) is 9.47 Å². The summed E-state index contributed by atoms with van der Waals surface area (Å²) in [4.78, 5) is 23.3. The smallest absolute Gasteiger partial charge is 0.437 e. The zero-order valence-corrected chi connectivity index (χ0v) is 11.0. The first kappa shape index (κ1) is 13.8. The molecule has 102 valence electrons. The molecule has 0 radical (unpaired) electrons. The van der Waals surface area contributed by atoms with Gasteiger partial charge in [-0.1, -0.05) is 48.6 Å².